The minimum Gasteiger partial charge on any atom is -0.465 e. The summed E-state index contributed by atoms with van der Waals surface area (Å²) in [6, 6.07) is 7.76. The number of amides is 1. The smallest absolute Gasteiger partial charge is 0.337 e. The highest BCUT2D eigenvalue weighted by atomic mass is 35.5. The van der Waals surface area contributed by atoms with Crippen molar-refractivity contribution >= 4 is 54.9 Å². The average Bonchev–Trinajstić information content (AvgIpc) is 2.89. The fourth-order valence-electron chi connectivity index (χ4n) is 3.20. The highest BCUT2D eigenvalue weighted by molar-refractivity contribution is 7.94. The molecule has 0 saturated carbocycles. The summed E-state index contributed by atoms with van der Waals surface area (Å²) in [6.45, 7) is 2.99. The number of esters is 1. The molecule has 3 rings (SSSR count). The van der Waals surface area contributed by atoms with Gasteiger partial charge < -0.3 is 4.74 Å². The van der Waals surface area contributed by atoms with Crippen molar-refractivity contribution < 1.29 is 31.2 Å². The van der Waals surface area contributed by atoms with E-state index in [1.54, 1.807) is 0 Å². The fourth-order valence-corrected chi connectivity index (χ4v) is 6.53. The van der Waals surface area contributed by atoms with Crippen LogP contribution < -0.4 is 9.03 Å². The molecule has 1 heterocycles. The predicted octanol–water partition coefficient (Wildman–Crippen LogP) is 2.55. The first-order valence-electron chi connectivity index (χ1n) is 8.95. The normalized spacial score (nSPS) is 18.1. The fraction of sp³-hybridized carbons (Fsp3) is 0.263. The largest absolute Gasteiger partial charge is 0.465 e. The molecule has 12 heteroatoms. The van der Waals surface area contributed by atoms with Gasteiger partial charge in [-0.05, 0) is 48.9 Å². The van der Waals surface area contributed by atoms with E-state index in [1.807, 2.05) is 0 Å². The topological polar surface area (TPSA) is 127 Å². The van der Waals surface area contributed by atoms with Crippen LogP contribution in [0.3, 0.4) is 0 Å². The first-order valence-corrected chi connectivity index (χ1v) is 12.4. The van der Waals surface area contributed by atoms with E-state index in [0.717, 1.165) is 0 Å². The second-order valence-electron chi connectivity index (χ2n) is 7.02. The maximum absolute atomic E-state index is 12.9. The quantitative estimate of drug-likeness (QED) is 0.643. The molecule has 0 unspecified atom stereocenters. The van der Waals surface area contributed by atoms with E-state index in [4.69, 9.17) is 11.6 Å². The van der Waals surface area contributed by atoms with E-state index in [0.29, 0.717) is 4.31 Å². The van der Waals surface area contributed by atoms with Crippen molar-refractivity contribution in [3.63, 3.8) is 0 Å². The summed E-state index contributed by atoms with van der Waals surface area (Å²) in [5.74, 6) is -2.22. The number of halogens is 1. The molecule has 1 fully saturated rings. The molecular formula is C19H19ClN2O7S2. The number of aryl methyl sites for hydroxylation is 1. The van der Waals surface area contributed by atoms with Gasteiger partial charge >= 0.3 is 5.97 Å². The van der Waals surface area contributed by atoms with E-state index >= 15 is 0 Å². The van der Waals surface area contributed by atoms with Gasteiger partial charge in [-0.15, -0.1) is 0 Å². The molecule has 0 aromatic heterocycles. The van der Waals surface area contributed by atoms with E-state index in [1.165, 1.54) is 57.4 Å². The van der Waals surface area contributed by atoms with Gasteiger partial charge in [0.1, 0.15) is 0 Å². The lowest BCUT2D eigenvalue weighted by Crippen LogP contribution is -2.30. The molecular weight excluding hydrogens is 468 g/mol. The maximum Gasteiger partial charge on any atom is 0.337 e. The van der Waals surface area contributed by atoms with Crippen LogP contribution in [0.5, 0.6) is 0 Å². The molecule has 1 N–H and O–H groups in total. The first kappa shape index (κ1) is 23.0. The van der Waals surface area contributed by atoms with Crippen LogP contribution in [-0.4, -0.2) is 41.6 Å². The Balaban J connectivity index is 1.97. The Bertz CT molecular complexity index is 1290. The molecule has 1 atom stereocenters. The van der Waals surface area contributed by atoms with E-state index in [2.05, 4.69) is 9.46 Å². The Labute approximate surface area is 185 Å². The average molecular weight is 487 g/mol. The number of rotatable bonds is 5. The Morgan fingerprint density at radius 3 is 2.45 bits per heavy atom. The third-order valence-electron chi connectivity index (χ3n) is 4.67. The zero-order valence-electron chi connectivity index (χ0n) is 16.7. The molecule has 1 aliphatic heterocycles. The molecule has 0 bridgehead atoms. The highest BCUT2D eigenvalue weighted by Gasteiger charge is 2.42. The number of carbonyl (C=O) groups excluding carboxylic acids is 2. The van der Waals surface area contributed by atoms with Crippen LogP contribution in [0.4, 0.5) is 11.4 Å². The number of nitrogens with zero attached hydrogens (tertiary/aromatic N) is 1. The summed E-state index contributed by atoms with van der Waals surface area (Å²) in [4.78, 5) is 23.8. The molecule has 1 amide bonds. The van der Waals surface area contributed by atoms with Crippen LogP contribution in [0.2, 0.25) is 5.02 Å². The standard InChI is InChI=1S/C19H19ClN2O7S2/c1-11-8-14(22-18(23)12(2)10-30(22,25)26)5-7-17(11)31(27,28)21-16-9-13(19(24)29-3)4-6-15(16)20/h4-9,12,21H,10H2,1-3H3/t12-/m1/s1. The Hall–Kier alpha value is -2.63. The van der Waals surface area contributed by atoms with Crippen molar-refractivity contribution in [2.45, 2.75) is 18.7 Å². The van der Waals surface area contributed by atoms with Crippen molar-refractivity contribution in [3.8, 4) is 0 Å². The lowest BCUT2D eigenvalue weighted by molar-refractivity contribution is -0.119. The van der Waals surface area contributed by atoms with Gasteiger partial charge in [-0.3, -0.25) is 9.52 Å². The minimum absolute atomic E-state index is 0.0285. The molecule has 0 aliphatic carbocycles. The maximum atomic E-state index is 12.9. The number of sulfonamides is 2. The van der Waals surface area contributed by atoms with E-state index in [-0.39, 0.29) is 38.2 Å². The zero-order valence-corrected chi connectivity index (χ0v) is 19.1. The van der Waals surface area contributed by atoms with E-state index < -0.39 is 37.8 Å². The third-order valence-corrected chi connectivity index (χ3v) is 8.40. The van der Waals surface area contributed by atoms with Crippen molar-refractivity contribution in [2.75, 3.05) is 21.9 Å². The van der Waals surface area contributed by atoms with Gasteiger partial charge in [0.2, 0.25) is 15.9 Å². The minimum atomic E-state index is -4.15. The lowest BCUT2D eigenvalue weighted by Gasteiger charge is -2.18. The summed E-state index contributed by atoms with van der Waals surface area (Å²) in [7, 11) is -6.77. The number of ether oxygens (including phenoxy) is 1. The molecule has 166 valence electrons. The molecule has 9 nitrogen and oxygen atoms in total. The summed E-state index contributed by atoms with van der Waals surface area (Å²) < 4.78 is 58.0. The monoisotopic (exact) mass is 486 g/mol. The number of methoxy groups -OCH3 is 1. The Kier molecular flexibility index (Phi) is 6.05. The van der Waals surface area contributed by atoms with Crippen molar-refractivity contribution in [1.29, 1.82) is 0 Å². The van der Waals surface area contributed by atoms with Gasteiger partial charge in [-0.1, -0.05) is 18.5 Å². The van der Waals surface area contributed by atoms with Gasteiger partial charge in [-0.25, -0.2) is 25.9 Å². The van der Waals surface area contributed by atoms with Gasteiger partial charge in [0, 0.05) is 0 Å². The lowest BCUT2D eigenvalue weighted by atomic mass is 10.2. The third kappa shape index (κ3) is 4.39. The van der Waals surface area contributed by atoms with Crippen LogP contribution in [-0.2, 0) is 29.6 Å². The predicted molar refractivity (Wildman–Crippen MR) is 115 cm³/mol. The van der Waals surface area contributed by atoms with Crippen LogP contribution in [0, 0.1) is 12.8 Å². The highest BCUT2D eigenvalue weighted by Crippen LogP contribution is 2.32. The van der Waals surface area contributed by atoms with Crippen molar-refractivity contribution in [2.24, 2.45) is 5.92 Å². The summed E-state index contributed by atoms with van der Waals surface area (Å²) in [6.07, 6.45) is 0. The zero-order chi connectivity index (χ0) is 23.1. The Morgan fingerprint density at radius 2 is 1.90 bits per heavy atom. The number of anilines is 2. The van der Waals surface area contributed by atoms with Crippen LogP contribution in [0.25, 0.3) is 0 Å². The SMILES string of the molecule is COC(=O)c1ccc(Cl)c(NS(=O)(=O)c2ccc(N3C(=O)[C@H](C)CS3(=O)=O)cc2C)c1. The van der Waals surface area contributed by atoms with Gasteiger partial charge in [0.25, 0.3) is 10.0 Å². The number of hydrogen-bond donors (Lipinski definition) is 1. The second kappa shape index (κ2) is 8.13. The van der Waals surface area contributed by atoms with E-state index in [9.17, 15) is 26.4 Å². The number of nitrogens with one attached hydrogen (secondary N) is 1. The summed E-state index contributed by atoms with van der Waals surface area (Å²) >= 11 is 6.06. The van der Waals surface area contributed by atoms with Gasteiger partial charge in [-0.2, -0.15) is 0 Å². The molecule has 0 spiro atoms. The van der Waals surface area contributed by atoms with Crippen LogP contribution >= 0.6 is 11.6 Å². The summed E-state index contributed by atoms with van der Waals surface area (Å²) in [5.41, 5.74) is 0.354. The molecule has 2 aromatic carbocycles. The summed E-state index contributed by atoms with van der Waals surface area (Å²) in [5, 5.41) is 0.0632. The second-order valence-corrected chi connectivity index (χ2v) is 10.9. The molecule has 1 saturated heterocycles. The number of carbonyl (C=O) groups is 2. The van der Waals surface area contributed by atoms with Gasteiger partial charge in [0.05, 0.1) is 45.6 Å². The van der Waals surface area contributed by atoms with Crippen molar-refractivity contribution in [1.82, 2.24) is 0 Å². The molecule has 1 aliphatic rings. The molecule has 31 heavy (non-hydrogen) atoms. The molecule has 2 aromatic rings. The number of benzene rings is 2. The van der Waals surface area contributed by atoms with Crippen LogP contribution in [0.15, 0.2) is 41.3 Å². The Morgan fingerprint density at radius 1 is 1.23 bits per heavy atom. The molecule has 0 radical (unpaired) electrons. The van der Waals surface area contributed by atoms with Crippen LogP contribution in [0.1, 0.15) is 22.8 Å². The number of hydrogen-bond acceptors (Lipinski definition) is 7. The first-order chi connectivity index (χ1) is 14.4. The van der Waals surface area contributed by atoms with Gasteiger partial charge in [0.15, 0.2) is 0 Å². The van der Waals surface area contributed by atoms with Crippen molar-refractivity contribution in [3.05, 3.63) is 52.5 Å².